The number of nitro benzene ring substituents is 1. The first kappa shape index (κ1) is 20.2. The third-order valence-electron chi connectivity index (χ3n) is 3.39. The predicted molar refractivity (Wildman–Crippen MR) is 88.3 cm³/mol. The maximum atomic E-state index is 12.9. The highest BCUT2D eigenvalue weighted by atomic mass is 32.2. The zero-order chi connectivity index (χ0) is 20.4. The van der Waals surface area contributed by atoms with Crippen molar-refractivity contribution in [3.8, 4) is 0 Å². The highest BCUT2D eigenvalue weighted by molar-refractivity contribution is 7.93. The van der Waals surface area contributed by atoms with Crippen LogP contribution in [-0.2, 0) is 21.0 Å². The Balaban J connectivity index is 2.68. The first-order valence-electron chi connectivity index (χ1n) is 7.16. The number of rotatable bonds is 6. The number of halogens is 3. The topological polar surface area (TPSA) is 124 Å². The smallest absolute Gasteiger partial charge is 0.368 e. The molecule has 1 amide bonds. The largest absolute Gasteiger partial charge is 0.416 e. The van der Waals surface area contributed by atoms with E-state index in [0.29, 0.717) is 16.4 Å². The summed E-state index contributed by atoms with van der Waals surface area (Å²) in [6.07, 6.45) is -4.77. The number of amides is 1. The van der Waals surface area contributed by atoms with E-state index in [4.69, 9.17) is 5.73 Å². The van der Waals surface area contributed by atoms with Gasteiger partial charge in [0.05, 0.1) is 16.2 Å². The standard InChI is InChI=1S/C15H12F3N3O5S/c16-15(17,18)10-4-3-5-11(8-10)20(9-14(19)22)27(25,26)13-7-2-1-6-12(13)21(23)24/h1-8H,9H2,(H2,19,22). The van der Waals surface area contributed by atoms with Gasteiger partial charge in [0.25, 0.3) is 15.7 Å². The molecule has 0 unspecified atom stereocenters. The molecular weight excluding hydrogens is 391 g/mol. The maximum Gasteiger partial charge on any atom is 0.416 e. The molecule has 0 spiro atoms. The molecule has 0 saturated heterocycles. The van der Waals surface area contributed by atoms with Crippen molar-refractivity contribution >= 4 is 27.3 Å². The fourth-order valence-electron chi connectivity index (χ4n) is 2.24. The Morgan fingerprint density at radius 1 is 1.15 bits per heavy atom. The van der Waals surface area contributed by atoms with Crippen molar-refractivity contribution in [1.82, 2.24) is 0 Å². The van der Waals surface area contributed by atoms with Crippen molar-refractivity contribution in [2.45, 2.75) is 11.1 Å². The van der Waals surface area contributed by atoms with Crippen LogP contribution in [-0.4, -0.2) is 25.8 Å². The normalized spacial score (nSPS) is 11.8. The number of hydrogen-bond donors (Lipinski definition) is 1. The number of benzene rings is 2. The van der Waals surface area contributed by atoms with Crippen LogP contribution in [0.3, 0.4) is 0 Å². The van der Waals surface area contributed by atoms with Crippen LogP contribution >= 0.6 is 0 Å². The number of para-hydroxylation sites is 1. The molecule has 0 aliphatic carbocycles. The Kier molecular flexibility index (Phi) is 5.40. The van der Waals surface area contributed by atoms with Gasteiger partial charge in [-0.2, -0.15) is 13.2 Å². The second-order valence-corrected chi connectivity index (χ2v) is 7.08. The fraction of sp³-hybridized carbons (Fsp3) is 0.133. The van der Waals surface area contributed by atoms with E-state index >= 15 is 0 Å². The number of sulfonamides is 1. The lowest BCUT2D eigenvalue weighted by Crippen LogP contribution is -2.39. The van der Waals surface area contributed by atoms with Gasteiger partial charge in [-0.1, -0.05) is 18.2 Å². The van der Waals surface area contributed by atoms with Crippen LogP contribution < -0.4 is 10.0 Å². The third kappa shape index (κ3) is 4.34. The summed E-state index contributed by atoms with van der Waals surface area (Å²) in [5.41, 5.74) is 2.56. The molecule has 2 N–H and O–H groups in total. The van der Waals surface area contributed by atoms with Crippen LogP contribution in [0.5, 0.6) is 0 Å². The SMILES string of the molecule is NC(=O)CN(c1cccc(C(F)(F)F)c1)S(=O)(=O)c1ccccc1[N+](=O)[O-]. The summed E-state index contributed by atoms with van der Waals surface area (Å²) in [6, 6.07) is 7.44. The van der Waals surface area contributed by atoms with E-state index < -0.39 is 55.4 Å². The number of hydrogen-bond acceptors (Lipinski definition) is 5. The van der Waals surface area contributed by atoms with E-state index in [1.807, 2.05) is 0 Å². The molecule has 2 rings (SSSR count). The molecule has 0 aliphatic heterocycles. The number of carbonyl (C=O) groups is 1. The summed E-state index contributed by atoms with van der Waals surface area (Å²) < 4.78 is 64.9. The maximum absolute atomic E-state index is 12.9. The number of anilines is 1. The summed E-state index contributed by atoms with van der Waals surface area (Å²) in [5.74, 6) is -1.16. The van der Waals surface area contributed by atoms with Crippen LogP contribution in [0.25, 0.3) is 0 Å². The lowest BCUT2D eigenvalue weighted by molar-refractivity contribution is -0.387. The summed E-state index contributed by atoms with van der Waals surface area (Å²) in [4.78, 5) is 20.7. The molecule has 0 bridgehead atoms. The Labute approximate surface area is 151 Å². The molecule has 27 heavy (non-hydrogen) atoms. The second-order valence-electron chi connectivity index (χ2n) is 5.25. The lowest BCUT2D eigenvalue weighted by Gasteiger charge is -2.23. The van der Waals surface area contributed by atoms with E-state index in [9.17, 15) is 36.5 Å². The van der Waals surface area contributed by atoms with Crippen molar-refractivity contribution in [3.05, 3.63) is 64.2 Å². The molecule has 0 atom stereocenters. The molecule has 8 nitrogen and oxygen atoms in total. The Morgan fingerprint density at radius 3 is 2.33 bits per heavy atom. The Hall–Kier alpha value is -3.15. The Bertz CT molecular complexity index is 992. The van der Waals surface area contributed by atoms with E-state index in [-0.39, 0.29) is 0 Å². The molecule has 2 aromatic carbocycles. The molecule has 0 radical (unpaired) electrons. The first-order chi connectivity index (χ1) is 12.4. The van der Waals surface area contributed by atoms with Gasteiger partial charge in [-0.25, -0.2) is 8.42 Å². The van der Waals surface area contributed by atoms with Crippen molar-refractivity contribution in [1.29, 1.82) is 0 Å². The molecule has 2 aromatic rings. The average Bonchev–Trinajstić information content (AvgIpc) is 2.58. The number of nitrogens with two attached hydrogens (primary N) is 1. The fourth-order valence-corrected chi connectivity index (χ4v) is 3.82. The Morgan fingerprint density at radius 2 is 1.78 bits per heavy atom. The van der Waals surface area contributed by atoms with Crippen LogP contribution in [0, 0.1) is 10.1 Å². The van der Waals surface area contributed by atoms with Crippen molar-refractivity contribution in [2.24, 2.45) is 5.73 Å². The van der Waals surface area contributed by atoms with Gasteiger partial charge in [0.2, 0.25) is 5.91 Å². The monoisotopic (exact) mass is 403 g/mol. The minimum Gasteiger partial charge on any atom is -0.368 e. The summed E-state index contributed by atoms with van der Waals surface area (Å²) in [5, 5.41) is 11.1. The lowest BCUT2D eigenvalue weighted by atomic mass is 10.2. The van der Waals surface area contributed by atoms with E-state index in [2.05, 4.69) is 0 Å². The van der Waals surface area contributed by atoms with Crippen LogP contribution in [0.4, 0.5) is 24.5 Å². The van der Waals surface area contributed by atoms with Gasteiger partial charge in [-0.3, -0.25) is 19.2 Å². The van der Waals surface area contributed by atoms with Crippen molar-refractivity contribution < 1.29 is 31.3 Å². The quantitative estimate of drug-likeness (QED) is 0.585. The molecule has 12 heteroatoms. The van der Waals surface area contributed by atoms with Gasteiger partial charge >= 0.3 is 6.18 Å². The molecule has 0 saturated carbocycles. The van der Waals surface area contributed by atoms with E-state index in [0.717, 1.165) is 24.3 Å². The van der Waals surface area contributed by atoms with Gasteiger partial charge in [-0.15, -0.1) is 0 Å². The molecule has 0 heterocycles. The predicted octanol–water partition coefficient (Wildman–Crippen LogP) is 2.29. The molecule has 0 fully saturated rings. The average molecular weight is 403 g/mol. The van der Waals surface area contributed by atoms with E-state index in [1.165, 1.54) is 12.1 Å². The number of alkyl halides is 3. The minimum atomic E-state index is -4.77. The van der Waals surface area contributed by atoms with Gasteiger partial charge in [0.15, 0.2) is 4.90 Å². The van der Waals surface area contributed by atoms with Gasteiger partial charge in [0.1, 0.15) is 6.54 Å². The summed E-state index contributed by atoms with van der Waals surface area (Å²) in [7, 11) is -4.76. The second kappa shape index (κ2) is 7.23. The number of carbonyl (C=O) groups excluding carboxylic acids is 1. The molecule has 0 aliphatic rings. The number of nitro groups is 1. The van der Waals surface area contributed by atoms with Crippen molar-refractivity contribution in [3.63, 3.8) is 0 Å². The number of nitrogens with zero attached hydrogens (tertiary/aromatic N) is 2. The van der Waals surface area contributed by atoms with Crippen LogP contribution in [0.2, 0.25) is 0 Å². The molecular formula is C15H12F3N3O5S. The highest BCUT2D eigenvalue weighted by Gasteiger charge is 2.35. The third-order valence-corrected chi connectivity index (χ3v) is 5.21. The van der Waals surface area contributed by atoms with Crippen molar-refractivity contribution in [2.75, 3.05) is 10.8 Å². The number of primary amides is 1. The molecule has 144 valence electrons. The molecule has 0 aromatic heterocycles. The highest BCUT2D eigenvalue weighted by Crippen LogP contribution is 2.34. The summed E-state index contributed by atoms with van der Waals surface area (Å²) >= 11 is 0. The van der Waals surface area contributed by atoms with Gasteiger partial charge in [0, 0.05) is 6.07 Å². The zero-order valence-electron chi connectivity index (χ0n) is 13.4. The first-order valence-corrected chi connectivity index (χ1v) is 8.60. The minimum absolute atomic E-state index is 0.299. The van der Waals surface area contributed by atoms with Gasteiger partial charge < -0.3 is 5.73 Å². The van der Waals surface area contributed by atoms with Crippen LogP contribution in [0.1, 0.15) is 5.56 Å². The zero-order valence-corrected chi connectivity index (χ0v) is 14.2. The van der Waals surface area contributed by atoms with Gasteiger partial charge in [-0.05, 0) is 24.3 Å². The summed E-state index contributed by atoms with van der Waals surface area (Å²) in [6.45, 7) is -1.00. The van der Waals surface area contributed by atoms with E-state index in [1.54, 1.807) is 0 Å². The van der Waals surface area contributed by atoms with Crippen LogP contribution in [0.15, 0.2) is 53.4 Å².